The minimum absolute atomic E-state index is 0.700. The summed E-state index contributed by atoms with van der Waals surface area (Å²) < 4.78 is 17.6. The first-order valence-corrected chi connectivity index (χ1v) is 7.86. The van der Waals surface area contributed by atoms with Crippen LogP contribution in [0.2, 0.25) is 0 Å². The fraction of sp³-hybridized carbons (Fsp3) is 0.143. The molecule has 21 heavy (non-hydrogen) atoms. The van der Waals surface area contributed by atoms with Crippen LogP contribution in [0.15, 0.2) is 18.2 Å². The van der Waals surface area contributed by atoms with E-state index in [4.69, 9.17) is 5.73 Å². The SMILES string of the molecule is Cc1ccc(-c2c(N)cc(C)c3nsnc23)c2nsnc12. The minimum Gasteiger partial charge on any atom is -0.398 e. The summed E-state index contributed by atoms with van der Waals surface area (Å²) in [7, 11) is 0. The van der Waals surface area contributed by atoms with Crippen LogP contribution in [0.4, 0.5) is 5.69 Å². The van der Waals surface area contributed by atoms with E-state index < -0.39 is 0 Å². The summed E-state index contributed by atoms with van der Waals surface area (Å²) in [5, 5.41) is 0. The molecule has 0 saturated carbocycles. The zero-order valence-electron chi connectivity index (χ0n) is 11.4. The lowest BCUT2D eigenvalue weighted by Crippen LogP contribution is -1.95. The summed E-state index contributed by atoms with van der Waals surface area (Å²) in [6, 6.07) is 6.04. The molecule has 7 heteroatoms. The van der Waals surface area contributed by atoms with Crippen molar-refractivity contribution < 1.29 is 0 Å². The van der Waals surface area contributed by atoms with Crippen molar-refractivity contribution in [2.24, 2.45) is 0 Å². The molecule has 0 unspecified atom stereocenters. The van der Waals surface area contributed by atoms with Gasteiger partial charge in [0.2, 0.25) is 0 Å². The van der Waals surface area contributed by atoms with E-state index in [1.54, 1.807) is 0 Å². The predicted molar refractivity (Wildman–Crippen MR) is 87.7 cm³/mol. The number of aryl methyl sites for hydroxylation is 2. The molecule has 0 amide bonds. The Morgan fingerprint density at radius 2 is 1.43 bits per heavy atom. The molecule has 2 aromatic carbocycles. The van der Waals surface area contributed by atoms with Gasteiger partial charge in [-0.1, -0.05) is 12.1 Å². The van der Waals surface area contributed by atoms with Crippen LogP contribution in [0.1, 0.15) is 11.1 Å². The van der Waals surface area contributed by atoms with Crippen molar-refractivity contribution in [3.63, 3.8) is 0 Å². The zero-order valence-corrected chi connectivity index (χ0v) is 13.0. The summed E-state index contributed by atoms with van der Waals surface area (Å²) in [6.07, 6.45) is 0. The van der Waals surface area contributed by atoms with Gasteiger partial charge >= 0.3 is 0 Å². The second-order valence-electron chi connectivity index (χ2n) is 5.01. The van der Waals surface area contributed by atoms with Crippen molar-refractivity contribution in [2.75, 3.05) is 5.73 Å². The molecule has 0 spiro atoms. The third-order valence-electron chi connectivity index (χ3n) is 3.65. The number of hydrogen-bond acceptors (Lipinski definition) is 7. The number of benzene rings is 2. The lowest BCUT2D eigenvalue weighted by Gasteiger charge is -2.09. The fourth-order valence-electron chi connectivity index (χ4n) is 2.60. The van der Waals surface area contributed by atoms with Crippen LogP contribution in [-0.4, -0.2) is 17.5 Å². The van der Waals surface area contributed by atoms with Crippen molar-refractivity contribution in [1.82, 2.24) is 17.5 Å². The third kappa shape index (κ3) is 1.74. The smallest absolute Gasteiger partial charge is 0.115 e. The fourth-order valence-corrected chi connectivity index (χ4v) is 3.83. The van der Waals surface area contributed by atoms with Gasteiger partial charge in [-0.05, 0) is 31.0 Å². The van der Waals surface area contributed by atoms with Gasteiger partial charge in [0.25, 0.3) is 0 Å². The highest BCUT2D eigenvalue weighted by atomic mass is 32.1. The highest BCUT2D eigenvalue weighted by Gasteiger charge is 2.18. The molecular weight excluding hydrogens is 302 g/mol. The van der Waals surface area contributed by atoms with Crippen molar-refractivity contribution >= 4 is 51.2 Å². The first-order valence-electron chi connectivity index (χ1n) is 6.40. The van der Waals surface area contributed by atoms with Crippen LogP contribution in [0.5, 0.6) is 0 Å². The largest absolute Gasteiger partial charge is 0.398 e. The Labute approximate surface area is 129 Å². The number of hydrogen-bond donors (Lipinski definition) is 1. The first-order chi connectivity index (χ1) is 10.2. The quantitative estimate of drug-likeness (QED) is 0.544. The van der Waals surface area contributed by atoms with Gasteiger partial charge in [0.15, 0.2) is 0 Å². The number of nitrogen functional groups attached to an aromatic ring is 1. The third-order valence-corrected chi connectivity index (χ3v) is 4.70. The standard InChI is InChI=1S/C14H11N5S2/c1-6-3-4-8(13-11(6)16-20-18-13)10-9(15)5-7(2)12-14(10)19-21-17-12/h3-5H,15H2,1-2H3. The summed E-state index contributed by atoms with van der Waals surface area (Å²) in [4.78, 5) is 0. The monoisotopic (exact) mass is 313 g/mol. The second-order valence-corrected chi connectivity index (χ2v) is 6.07. The highest BCUT2D eigenvalue weighted by molar-refractivity contribution is 7.00. The van der Waals surface area contributed by atoms with Gasteiger partial charge in [-0.25, -0.2) is 0 Å². The maximum absolute atomic E-state index is 6.27. The molecule has 2 N–H and O–H groups in total. The molecule has 0 bridgehead atoms. The normalized spacial score (nSPS) is 11.5. The summed E-state index contributed by atoms with van der Waals surface area (Å²) in [5.41, 5.74) is 14.5. The molecule has 4 aromatic rings. The van der Waals surface area contributed by atoms with Crippen LogP contribution in [-0.2, 0) is 0 Å². The first kappa shape index (κ1) is 12.6. The van der Waals surface area contributed by atoms with Gasteiger partial charge in [0.1, 0.15) is 22.1 Å². The maximum atomic E-state index is 6.27. The molecule has 5 nitrogen and oxygen atoms in total. The van der Waals surface area contributed by atoms with E-state index in [2.05, 4.69) is 17.5 Å². The number of nitrogens with zero attached hydrogens (tertiary/aromatic N) is 4. The molecule has 0 radical (unpaired) electrons. The van der Waals surface area contributed by atoms with E-state index in [9.17, 15) is 0 Å². The Morgan fingerprint density at radius 1 is 0.810 bits per heavy atom. The molecule has 0 aliphatic heterocycles. The van der Waals surface area contributed by atoms with E-state index in [0.717, 1.165) is 44.3 Å². The van der Waals surface area contributed by atoms with Crippen molar-refractivity contribution in [3.05, 3.63) is 29.3 Å². The van der Waals surface area contributed by atoms with Crippen LogP contribution in [0.25, 0.3) is 33.2 Å². The lowest BCUT2D eigenvalue weighted by molar-refractivity contribution is 1.46. The molecule has 2 aromatic heterocycles. The van der Waals surface area contributed by atoms with Crippen LogP contribution >= 0.6 is 23.5 Å². The van der Waals surface area contributed by atoms with Crippen molar-refractivity contribution in [3.8, 4) is 11.1 Å². The highest BCUT2D eigenvalue weighted by Crippen LogP contribution is 2.38. The molecule has 104 valence electrons. The molecule has 0 saturated heterocycles. The molecule has 2 heterocycles. The number of anilines is 1. The topological polar surface area (TPSA) is 77.6 Å². The average molecular weight is 313 g/mol. The molecule has 0 atom stereocenters. The zero-order chi connectivity index (χ0) is 14.6. The number of fused-ring (bicyclic) bond motifs is 2. The van der Waals surface area contributed by atoms with E-state index >= 15 is 0 Å². The van der Waals surface area contributed by atoms with Crippen molar-refractivity contribution in [1.29, 1.82) is 0 Å². The van der Waals surface area contributed by atoms with E-state index in [1.807, 2.05) is 32.0 Å². The van der Waals surface area contributed by atoms with Gasteiger partial charge in [-0.3, -0.25) is 0 Å². The molecule has 0 aliphatic carbocycles. The van der Waals surface area contributed by atoms with E-state index in [0.29, 0.717) is 5.69 Å². The Hall–Kier alpha value is -2.12. The summed E-state index contributed by atoms with van der Waals surface area (Å²) in [5.74, 6) is 0. The molecule has 0 aliphatic rings. The lowest BCUT2D eigenvalue weighted by atomic mass is 9.97. The van der Waals surface area contributed by atoms with E-state index in [1.165, 1.54) is 23.5 Å². The number of rotatable bonds is 1. The molecular formula is C14H11N5S2. The van der Waals surface area contributed by atoms with Crippen LogP contribution < -0.4 is 5.73 Å². The van der Waals surface area contributed by atoms with Gasteiger partial charge < -0.3 is 5.73 Å². The number of aromatic nitrogens is 4. The van der Waals surface area contributed by atoms with Crippen LogP contribution in [0, 0.1) is 13.8 Å². The van der Waals surface area contributed by atoms with E-state index in [-0.39, 0.29) is 0 Å². The Kier molecular flexibility index (Phi) is 2.66. The minimum atomic E-state index is 0.700. The Bertz CT molecular complexity index is 986. The molecule has 0 fully saturated rings. The van der Waals surface area contributed by atoms with Gasteiger partial charge in [0.05, 0.1) is 23.5 Å². The van der Waals surface area contributed by atoms with Gasteiger partial charge in [0, 0.05) is 16.8 Å². The van der Waals surface area contributed by atoms with Crippen molar-refractivity contribution in [2.45, 2.75) is 13.8 Å². The Balaban J connectivity index is 2.17. The second kappa shape index (κ2) is 4.44. The summed E-state index contributed by atoms with van der Waals surface area (Å²) >= 11 is 2.42. The maximum Gasteiger partial charge on any atom is 0.115 e. The predicted octanol–water partition coefficient (Wildman–Crippen LogP) is 3.56. The van der Waals surface area contributed by atoms with Crippen LogP contribution in [0.3, 0.4) is 0 Å². The number of nitrogens with two attached hydrogens (primary N) is 1. The Morgan fingerprint density at radius 3 is 2.19 bits per heavy atom. The van der Waals surface area contributed by atoms with Gasteiger partial charge in [-0.15, -0.1) is 0 Å². The summed E-state index contributed by atoms with van der Waals surface area (Å²) in [6.45, 7) is 4.03. The van der Waals surface area contributed by atoms with Gasteiger partial charge in [-0.2, -0.15) is 17.5 Å². The molecule has 4 rings (SSSR count). The average Bonchev–Trinajstić information content (AvgIpc) is 3.09.